The standard InChI is InChI=1S/C11H18N2O2/c1-8(9-5-12-6-9)11(15)13-4-2-3-10(13)7-14/h10,12,14H,2-7H2,1H3/t10-/m1/s1. The van der Waals surface area contributed by atoms with Crippen LogP contribution >= 0.6 is 0 Å². The first-order chi connectivity index (χ1) is 7.24. The first-order valence-electron chi connectivity index (χ1n) is 5.55. The molecule has 0 unspecified atom stereocenters. The van der Waals surface area contributed by atoms with Crippen LogP contribution < -0.4 is 5.32 Å². The number of likely N-dealkylation sites (tertiary alicyclic amines) is 1. The fourth-order valence-electron chi connectivity index (χ4n) is 2.17. The van der Waals surface area contributed by atoms with Gasteiger partial charge in [0.25, 0.3) is 0 Å². The summed E-state index contributed by atoms with van der Waals surface area (Å²) in [5, 5.41) is 12.3. The van der Waals surface area contributed by atoms with E-state index in [2.05, 4.69) is 5.32 Å². The van der Waals surface area contributed by atoms with E-state index in [9.17, 15) is 4.79 Å². The number of nitrogens with zero attached hydrogens (tertiary/aromatic N) is 1. The average molecular weight is 210 g/mol. The normalized spacial score (nSPS) is 25.3. The molecule has 15 heavy (non-hydrogen) atoms. The number of hydrogen-bond acceptors (Lipinski definition) is 3. The Labute approximate surface area is 90.0 Å². The maximum atomic E-state index is 12.1. The van der Waals surface area contributed by atoms with E-state index in [0.29, 0.717) is 0 Å². The zero-order valence-corrected chi connectivity index (χ0v) is 9.12. The number of hydrogen-bond donors (Lipinski definition) is 2. The van der Waals surface area contributed by atoms with Crippen molar-refractivity contribution in [2.45, 2.75) is 25.8 Å². The molecule has 0 saturated carbocycles. The SMILES string of the molecule is CC(C(=O)N1CCC[C@@H]1CO)=C1CNC1. The first kappa shape index (κ1) is 10.6. The van der Waals surface area contributed by atoms with E-state index in [1.807, 2.05) is 11.8 Å². The molecule has 4 heteroatoms. The van der Waals surface area contributed by atoms with Crippen LogP contribution in [-0.2, 0) is 4.79 Å². The third-order valence-corrected chi connectivity index (χ3v) is 3.38. The molecule has 2 aliphatic heterocycles. The molecule has 2 rings (SSSR count). The summed E-state index contributed by atoms with van der Waals surface area (Å²) >= 11 is 0. The van der Waals surface area contributed by atoms with E-state index < -0.39 is 0 Å². The number of amides is 1. The van der Waals surface area contributed by atoms with E-state index in [-0.39, 0.29) is 18.6 Å². The molecule has 0 aromatic rings. The molecule has 0 spiro atoms. The summed E-state index contributed by atoms with van der Waals surface area (Å²) in [6.07, 6.45) is 1.95. The summed E-state index contributed by atoms with van der Waals surface area (Å²) in [5.74, 6) is 0.114. The topological polar surface area (TPSA) is 52.6 Å². The predicted octanol–water partition coefficient (Wildman–Crippen LogP) is -0.111. The van der Waals surface area contributed by atoms with Crippen molar-refractivity contribution in [2.24, 2.45) is 0 Å². The van der Waals surface area contributed by atoms with Crippen LogP contribution in [0.2, 0.25) is 0 Å². The third kappa shape index (κ3) is 1.92. The van der Waals surface area contributed by atoms with E-state index in [0.717, 1.165) is 38.0 Å². The Morgan fingerprint density at radius 1 is 1.60 bits per heavy atom. The number of rotatable bonds is 2. The molecule has 2 heterocycles. The van der Waals surface area contributed by atoms with Crippen molar-refractivity contribution in [1.82, 2.24) is 10.2 Å². The summed E-state index contributed by atoms with van der Waals surface area (Å²) in [4.78, 5) is 13.9. The zero-order valence-electron chi connectivity index (χ0n) is 9.12. The second-order valence-corrected chi connectivity index (χ2v) is 4.31. The highest BCUT2D eigenvalue weighted by Gasteiger charge is 2.30. The highest BCUT2D eigenvalue weighted by molar-refractivity contribution is 5.94. The molecule has 1 atom stereocenters. The smallest absolute Gasteiger partial charge is 0.249 e. The van der Waals surface area contributed by atoms with Gasteiger partial charge in [0.05, 0.1) is 12.6 Å². The molecule has 0 aromatic carbocycles. The van der Waals surface area contributed by atoms with Gasteiger partial charge in [0.1, 0.15) is 0 Å². The van der Waals surface area contributed by atoms with Crippen molar-refractivity contribution in [1.29, 1.82) is 0 Å². The van der Waals surface area contributed by atoms with Gasteiger partial charge in [0.15, 0.2) is 0 Å². The lowest BCUT2D eigenvalue weighted by molar-refractivity contribution is -0.128. The van der Waals surface area contributed by atoms with Gasteiger partial charge in [0, 0.05) is 25.2 Å². The lowest BCUT2D eigenvalue weighted by atomic mass is 10.0. The Morgan fingerprint density at radius 2 is 2.33 bits per heavy atom. The number of carbonyl (C=O) groups excluding carboxylic acids is 1. The first-order valence-corrected chi connectivity index (χ1v) is 5.55. The lowest BCUT2D eigenvalue weighted by Crippen LogP contribution is -2.41. The molecule has 1 amide bonds. The summed E-state index contributed by atoms with van der Waals surface area (Å²) in [6, 6.07) is 0.0427. The highest BCUT2D eigenvalue weighted by Crippen LogP contribution is 2.21. The van der Waals surface area contributed by atoms with Crippen LogP contribution in [0.5, 0.6) is 0 Å². The largest absolute Gasteiger partial charge is 0.394 e. The van der Waals surface area contributed by atoms with Crippen LogP contribution in [0.4, 0.5) is 0 Å². The van der Waals surface area contributed by atoms with Crippen molar-refractivity contribution in [2.75, 3.05) is 26.2 Å². The molecular formula is C11H18N2O2. The molecule has 2 fully saturated rings. The van der Waals surface area contributed by atoms with Gasteiger partial charge < -0.3 is 15.3 Å². The fourth-order valence-corrected chi connectivity index (χ4v) is 2.17. The Balaban J connectivity index is 2.06. The summed E-state index contributed by atoms with van der Waals surface area (Å²) < 4.78 is 0. The van der Waals surface area contributed by atoms with Gasteiger partial charge in [-0.3, -0.25) is 4.79 Å². The predicted molar refractivity (Wildman–Crippen MR) is 57.4 cm³/mol. The van der Waals surface area contributed by atoms with Crippen molar-refractivity contribution in [3.63, 3.8) is 0 Å². The van der Waals surface area contributed by atoms with Gasteiger partial charge in [-0.1, -0.05) is 0 Å². The van der Waals surface area contributed by atoms with Crippen molar-refractivity contribution in [3.8, 4) is 0 Å². The number of aliphatic hydroxyl groups excluding tert-OH is 1. The molecule has 0 aliphatic carbocycles. The van der Waals surface area contributed by atoms with Crippen molar-refractivity contribution < 1.29 is 9.90 Å². The van der Waals surface area contributed by atoms with Crippen LogP contribution in [0, 0.1) is 0 Å². The van der Waals surface area contributed by atoms with Gasteiger partial charge >= 0.3 is 0 Å². The summed E-state index contributed by atoms with van der Waals surface area (Å²) in [6.45, 7) is 4.46. The lowest BCUT2D eigenvalue weighted by Gasteiger charge is -2.27. The number of carbonyl (C=O) groups is 1. The van der Waals surface area contributed by atoms with Gasteiger partial charge in [-0.05, 0) is 25.3 Å². The zero-order chi connectivity index (χ0) is 10.8. The summed E-state index contributed by atoms with van der Waals surface area (Å²) in [7, 11) is 0. The second kappa shape index (κ2) is 4.33. The highest BCUT2D eigenvalue weighted by atomic mass is 16.3. The van der Waals surface area contributed by atoms with Crippen LogP contribution in [0.3, 0.4) is 0 Å². The van der Waals surface area contributed by atoms with Crippen LogP contribution in [0.1, 0.15) is 19.8 Å². The van der Waals surface area contributed by atoms with E-state index in [4.69, 9.17) is 5.11 Å². The molecular weight excluding hydrogens is 192 g/mol. The van der Waals surface area contributed by atoms with Crippen molar-refractivity contribution >= 4 is 5.91 Å². The van der Waals surface area contributed by atoms with E-state index >= 15 is 0 Å². The molecule has 2 aliphatic rings. The van der Waals surface area contributed by atoms with Gasteiger partial charge in [-0.25, -0.2) is 0 Å². The maximum absolute atomic E-state index is 12.1. The number of aliphatic hydroxyl groups is 1. The second-order valence-electron chi connectivity index (χ2n) is 4.31. The molecule has 0 radical (unpaired) electrons. The van der Waals surface area contributed by atoms with Gasteiger partial charge in [-0.2, -0.15) is 0 Å². The minimum absolute atomic E-state index is 0.0427. The minimum atomic E-state index is 0.0427. The van der Waals surface area contributed by atoms with Crippen LogP contribution in [0.25, 0.3) is 0 Å². The fraction of sp³-hybridized carbons (Fsp3) is 0.727. The van der Waals surface area contributed by atoms with Crippen LogP contribution in [0.15, 0.2) is 11.1 Å². The molecule has 2 N–H and O–H groups in total. The molecule has 84 valence electrons. The summed E-state index contributed by atoms with van der Waals surface area (Å²) in [5.41, 5.74) is 2.08. The maximum Gasteiger partial charge on any atom is 0.249 e. The Morgan fingerprint density at radius 3 is 2.87 bits per heavy atom. The van der Waals surface area contributed by atoms with Crippen LogP contribution in [-0.4, -0.2) is 48.2 Å². The molecule has 0 aromatic heterocycles. The van der Waals surface area contributed by atoms with E-state index in [1.54, 1.807) is 0 Å². The van der Waals surface area contributed by atoms with Crippen molar-refractivity contribution in [3.05, 3.63) is 11.1 Å². The third-order valence-electron chi connectivity index (χ3n) is 3.38. The Kier molecular flexibility index (Phi) is 3.07. The Bertz CT molecular complexity index is 293. The van der Waals surface area contributed by atoms with Gasteiger partial charge in [0.2, 0.25) is 5.91 Å². The quantitative estimate of drug-likeness (QED) is 0.625. The average Bonchev–Trinajstić information content (AvgIpc) is 2.61. The Hall–Kier alpha value is -0.870. The molecule has 0 bridgehead atoms. The number of nitrogens with one attached hydrogen (secondary N) is 1. The molecule has 4 nitrogen and oxygen atoms in total. The molecule has 2 saturated heterocycles. The minimum Gasteiger partial charge on any atom is -0.394 e. The monoisotopic (exact) mass is 210 g/mol. The van der Waals surface area contributed by atoms with E-state index in [1.165, 1.54) is 5.57 Å². The van der Waals surface area contributed by atoms with Gasteiger partial charge in [-0.15, -0.1) is 0 Å².